The van der Waals surface area contributed by atoms with Gasteiger partial charge >= 0.3 is 0 Å². The molecule has 0 aliphatic carbocycles. The first-order valence-corrected chi connectivity index (χ1v) is 13.0. The van der Waals surface area contributed by atoms with Crippen LogP contribution in [0.3, 0.4) is 0 Å². The van der Waals surface area contributed by atoms with E-state index in [0.717, 1.165) is 48.4 Å². The molecule has 194 valence electrons. The first-order chi connectivity index (χ1) is 17.9. The zero-order chi connectivity index (χ0) is 26.1. The van der Waals surface area contributed by atoms with Crippen molar-refractivity contribution < 1.29 is 14.3 Å². The number of hydrogen-bond acceptors (Lipinski definition) is 4. The van der Waals surface area contributed by atoms with Gasteiger partial charge in [0.1, 0.15) is 17.3 Å². The van der Waals surface area contributed by atoms with Crippen LogP contribution in [0, 0.1) is 0 Å². The Labute approximate surface area is 219 Å². The average molecular weight is 500 g/mol. The lowest BCUT2D eigenvalue weighted by molar-refractivity contribution is -0.123. The molecule has 0 saturated carbocycles. The Morgan fingerprint density at radius 1 is 0.865 bits per heavy atom. The fourth-order valence-corrected chi connectivity index (χ4v) is 4.22. The first kappa shape index (κ1) is 26.3. The predicted molar refractivity (Wildman–Crippen MR) is 148 cm³/mol. The van der Waals surface area contributed by atoms with Crippen LogP contribution in [-0.2, 0) is 23.2 Å². The quantitative estimate of drug-likeness (QED) is 0.245. The van der Waals surface area contributed by atoms with E-state index in [9.17, 15) is 4.79 Å². The van der Waals surface area contributed by atoms with Gasteiger partial charge in [0.2, 0.25) is 0 Å². The zero-order valence-electron chi connectivity index (χ0n) is 22.1. The molecule has 0 aliphatic rings. The minimum Gasteiger partial charge on any atom is -0.494 e. The van der Waals surface area contributed by atoms with Crippen molar-refractivity contribution in [2.24, 2.45) is 0 Å². The van der Waals surface area contributed by atoms with Gasteiger partial charge in [-0.15, -0.1) is 0 Å². The number of carbonyl (C=O) groups is 1. The molecule has 1 heterocycles. The van der Waals surface area contributed by atoms with Crippen molar-refractivity contribution in [1.29, 1.82) is 0 Å². The highest BCUT2D eigenvalue weighted by atomic mass is 16.5. The highest BCUT2D eigenvalue weighted by molar-refractivity contribution is 5.77. The smallest absolute Gasteiger partial charge is 0.257 e. The number of amides is 1. The van der Waals surface area contributed by atoms with Crippen molar-refractivity contribution in [3.8, 4) is 11.5 Å². The van der Waals surface area contributed by atoms with Crippen LogP contribution in [0.25, 0.3) is 11.0 Å². The van der Waals surface area contributed by atoms with Gasteiger partial charge in [0.25, 0.3) is 5.91 Å². The predicted octanol–water partition coefficient (Wildman–Crippen LogP) is 5.93. The molecule has 4 aromatic rings. The van der Waals surface area contributed by atoms with Gasteiger partial charge in [0, 0.05) is 19.5 Å². The normalized spacial score (nSPS) is 11.4. The van der Waals surface area contributed by atoms with E-state index in [4.69, 9.17) is 14.5 Å². The zero-order valence-corrected chi connectivity index (χ0v) is 22.1. The van der Waals surface area contributed by atoms with Gasteiger partial charge in [0.15, 0.2) is 6.61 Å². The Morgan fingerprint density at radius 2 is 1.57 bits per heavy atom. The molecule has 0 aliphatic heterocycles. The van der Waals surface area contributed by atoms with E-state index in [0.29, 0.717) is 18.9 Å². The number of aryl methyl sites for hydroxylation is 2. The molecule has 0 fully saturated rings. The van der Waals surface area contributed by atoms with Gasteiger partial charge in [0.05, 0.1) is 17.6 Å². The number of para-hydroxylation sites is 3. The molecular weight excluding hydrogens is 462 g/mol. The second kappa shape index (κ2) is 12.4. The van der Waals surface area contributed by atoms with Gasteiger partial charge < -0.3 is 19.4 Å². The number of imidazole rings is 1. The molecular formula is C31H37N3O3. The summed E-state index contributed by atoms with van der Waals surface area (Å²) >= 11 is 0. The maximum Gasteiger partial charge on any atom is 0.257 e. The van der Waals surface area contributed by atoms with Crippen LogP contribution in [0.1, 0.15) is 45.0 Å². The molecule has 1 aromatic heterocycles. The molecule has 37 heavy (non-hydrogen) atoms. The number of aromatic nitrogens is 2. The molecule has 0 spiro atoms. The molecule has 6 heteroatoms. The molecule has 3 aromatic carbocycles. The summed E-state index contributed by atoms with van der Waals surface area (Å²) in [5, 5.41) is 2.94. The first-order valence-electron chi connectivity index (χ1n) is 13.0. The molecule has 6 nitrogen and oxygen atoms in total. The van der Waals surface area contributed by atoms with E-state index in [1.54, 1.807) is 0 Å². The monoisotopic (exact) mass is 499 g/mol. The lowest BCUT2D eigenvalue weighted by Gasteiger charge is -2.19. The van der Waals surface area contributed by atoms with Crippen LogP contribution >= 0.6 is 0 Å². The van der Waals surface area contributed by atoms with E-state index in [-0.39, 0.29) is 17.9 Å². The lowest BCUT2D eigenvalue weighted by atomic mass is 9.87. The van der Waals surface area contributed by atoms with Crippen LogP contribution in [0.15, 0.2) is 78.9 Å². The second-order valence-corrected chi connectivity index (χ2v) is 10.2. The third-order valence-electron chi connectivity index (χ3n) is 6.26. The summed E-state index contributed by atoms with van der Waals surface area (Å²) < 4.78 is 13.8. The number of rotatable bonds is 12. The minimum absolute atomic E-state index is 0.0153. The number of ether oxygens (including phenoxy) is 2. The fourth-order valence-electron chi connectivity index (χ4n) is 4.22. The molecule has 0 radical (unpaired) electrons. The van der Waals surface area contributed by atoms with E-state index in [2.05, 4.69) is 61.0 Å². The number of benzene rings is 3. The Balaban J connectivity index is 1.25. The summed E-state index contributed by atoms with van der Waals surface area (Å²) in [6.45, 7) is 8.69. The summed E-state index contributed by atoms with van der Waals surface area (Å²) in [5.74, 6) is 2.50. The molecule has 0 bridgehead atoms. The Morgan fingerprint density at radius 3 is 2.32 bits per heavy atom. The summed E-state index contributed by atoms with van der Waals surface area (Å²) in [5.41, 5.74) is 3.56. The van der Waals surface area contributed by atoms with Gasteiger partial charge in [-0.3, -0.25) is 4.79 Å². The largest absolute Gasteiger partial charge is 0.494 e. The van der Waals surface area contributed by atoms with Crippen LogP contribution in [0.2, 0.25) is 0 Å². The van der Waals surface area contributed by atoms with Crippen LogP contribution in [-0.4, -0.2) is 35.2 Å². The number of carbonyl (C=O) groups excluding carboxylic acids is 1. The van der Waals surface area contributed by atoms with Gasteiger partial charge in [-0.1, -0.05) is 63.2 Å². The van der Waals surface area contributed by atoms with Crippen LogP contribution in [0.5, 0.6) is 11.5 Å². The van der Waals surface area contributed by atoms with Crippen molar-refractivity contribution in [2.45, 2.75) is 52.0 Å². The van der Waals surface area contributed by atoms with Gasteiger partial charge in [-0.2, -0.15) is 0 Å². The number of nitrogens with zero attached hydrogens (tertiary/aromatic N) is 2. The Bertz CT molecular complexity index is 1270. The van der Waals surface area contributed by atoms with Crippen LogP contribution < -0.4 is 14.8 Å². The Kier molecular flexibility index (Phi) is 8.83. The van der Waals surface area contributed by atoms with E-state index in [1.807, 2.05) is 48.5 Å². The van der Waals surface area contributed by atoms with Crippen molar-refractivity contribution in [3.05, 3.63) is 90.3 Å². The lowest BCUT2D eigenvalue weighted by Crippen LogP contribution is -2.30. The van der Waals surface area contributed by atoms with E-state index < -0.39 is 0 Å². The molecule has 0 atom stereocenters. The highest BCUT2D eigenvalue weighted by Gasteiger charge is 2.13. The SMILES string of the molecule is CC(C)(C)c1ccc(OCCCn2c(CCCNC(=O)COc3ccccc3)nc3ccccc32)cc1. The second-order valence-electron chi connectivity index (χ2n) is 10.2. The standard InChI is InChI=1S/C31H37N3O3/c1-31(2,3)24-16-18-26(19-17-24)36-22-10-21-34-28-14-8-7-13-27(28)33-29(34)15-9-20-32-30(35)23-37-25-11-5-4-6-12-25/h4-8,11-14,16-19H,9-10,15,20-23H2,1-3H3,(H,32,35). The van der Waals surface area contributed by atoms with Crippen LogP contribution in [0.4, 0.5) is 0 Å². The molecule has 0 saturated heterocycles. The third kappa shape index (κ3) is 7.59. The number of hydrogen-bond donors (Lipinski definition) is 1. The van der Waals surface area contributed by atoms with E-state index in [1.165, 1.54) is 5.56 Å². The maximum absolute atomic E-state index is 12.1. The summed E-state index contributed by atoms with van der Waals surface area (Å²) in [4.78, 5) is 17.0. The van der Waals surface area contributed by atoms with Crippen molar-refractivity contribution in [2.75, 3.05) is 19.8 Å². The summed E-state index contributed by atoms with van der Waals surface area (Å²) in [7, 11) is 0. The topological polar surface area (TPSA) is 65.4 Å². The fraction of sp³-hybridized carbons (Fsp3) is 0.355. The van der Waals surface area contributed by atoms with Crippen molar-refractivity contribution in [1.82, 2.24) is 14.9 Å². The summed E-state index contributed by atoms with van der Waals surface area (Å²) in [6, 6.07) is 26.0. The van der Waals surface area contributed by atoms with Crippen molar-refractivity contribution >= 4 is 16.9 Å². The van der Waals surface area contributed by atoms with E-state index >= 15 is 0 Å². The van der Waals surface area contributed by atoms with Crippen molar-refractivity contribution in [3.63, 3.8) is 0 Å². The average Bonchev–Trinajstić information content (AvgIpc) is 3.25. The summed E-state index contributed by atoms with van der Waals surface area (Å²) in [6.07, 6.45) is 2.46. The minimum atomic E-state index is -0.120. The molecule has 0 unspecified atom stereocenters. The third-order valence-corrected chi connectivity index (χ3v) is 6.26. The number of nitrogens with one attached hydrogen (secondary N) is 1. The Hall–Kier alpha value is -3.80. The van der Waals surface area contributed by atoms with Gasteiger partial charge in [-0.05, 0) is 60.2 Å². The molecule has 1 amide bonds. The molecule has 4 rings (SSSR count). The number of fused-ring (bicyclic) bond motifs is 1. The maximum atomic E-state index is 12.1. The van der Waals surface area contributed by atoms with Gasteiger partial charge in [-0.25, -0.2) is 4.98 Å². The molecule has 1 N–H and O–H groups in total. The highest BCUT2D eigenvalue weighted by Crippen LogP contribution is 2.24.